The van der Waals surface area contributed by atoms with E-state index in [2.05, 4.69) is 10.3 Å². The first-order valence-electron chi connectivity index (χ1n) is 12.3. The molecule has 2 fully saturated rings. The highest BCUT2D eigenvalue weighted by Crippen LogP contribution is 2.40. The first kappa shape index (κ1) is 26.8. The Balaban J connectivity index is 1.87. The van der Waals surface area contributed by atoms with Crippen LogP contribution in [-0.2, 0) is 25.4 Å². The Morgan fingerprint density at radius 2 is 2.03 bits per heavy atom. The third-order valence-corrected chi connectivity index (χ3v) is 6.82. The molecule has 1 saturated carbocycles. The van der Waals surface area contributed by atoms with Gasteiger partial charge in [-0.15, -0.1) is 11.8 Å². The summed E-state index contributed by atoms with van der Waals surface area (Å²) in [5.41, 5.74) is -1.34. The predicted octanol–water partition coefficient (Wildman–Crippen LogP) is 5.50. The summed E-state index contributed by atoms with van der Waals surface area (Å²) in [7, 11) is 0. The number of alkyl carbamates (subject to hydrolysis) is 1. The van der Waals surface area contributed by atoms with Crippen LogP contribution in [0.3, 0.4) is 0 Å². The third kappa shape index (κ3) is 7.60. The highest BCUT2D eigenvalue weighted by atomic mass is 32.2. The summed E-state index contributed by atoms with van der Waals surface area (Å²) in [5, 5.41) is 2.92. The quantitative estimate of drug-likeness (QED) is 0.341. The first-order chi connectivity index (χ1) is 15.8. The molecule has 1 aliphatic heterocycles. The topological polar surface area (TPSA) is 86.8 Å². The van der Waals surface area contributed by atoms with E-state index in [1.165, 1.54) is 19.3 Å². The lowest BCUT2D eigenvalue weighted by Gasteiger charge is -2.36. The van der Waals surface area contributed by atoms with Crippen molar-refractivity contribution >= 4 is 23.8 Å². The average Bonchev–Trinajstić information content (AvgIpc) is 3.45. The van der Waals surface area contributed by atoms with Crippen molar-refractivity contribution in [3.63, 3.8) is 0 Å². The van der Waals surface area contributed by atoms with Crippen molar-refractivity contribution in [1.29, 1.82) is 0 Å². The summed E-state index contributed by atoms with van der Waals surface area (Å²) in [5.74, 6) is 0.540. The number of carbonyl (C=O) groups excluding carboxylic acids is 2. The SMILES string of the molecule is CC(C)C[C@H](NC(=O)OC(C)(C)C)[C@@]1(Cc2cc(SCCC3CC3)ccn2)OC(C)(C)OC1=O. The molecule has 8 heteroatoms. The number of thioether (sulfide) groups is 1. The van der Waals surface area contributed by atoms with Gasteiger partial charge in [-0.05, 0) is 63.3 Å². The van der Waals surface area contributed by atoms with Gasteiger partial charge in [-0.2, -0.15) is 0 Å². The molecule has 1 saturated heterocycles. The minimum Gasteiger partial charge on any atom is -0.444 e. The standard InChI is InChI=1S/C26H40N2O5S/c1-17(2)14-21(28-23(30)32-24(3,4)5)26(22(29)31-25(6,7)33-26)16-19-15-20(10-12-27-19)34-13-11-18-8-9-18/h10,12,15,17-18,21H,8-9,11,13-14,16H2,1-7H3,(H,28,30)/t21-,26+/m0/s1. The number of amides is 1. The van der Waals surface area contributed by atoms with Gasteiger partial charge in [0.25, 0.3) is 0 Å². The summed E-state index contributed by atoms with van der Waals surface area (Å²) in [6, 6.07) is 3.36. The van der Waals surface area contributed by atoms with Gasteiger partial charge in [-0.1, -0.05) is 26.7 Å². The van der Waals surface area contributed by atoms with E-state index in [0.717, 1.165) is 22.3 Å². The Bertz CT molecular complexity index is 878. The van der Waals surface area contributed by atoms with E-state index in [0.29, 0.717) is 6.42 Å². The maximum absolute atomic E-state index is 13.4. The number of rotatable bonds is 10. The van der Waals surface area contributed by atoms with Crippen LogP contribution < -0.4 is 5.32 Å². The van der Waals surface area contributed by atoms with Crippen LogP contribution in [0.5, 0.6) is 0 Å². The zero-order valence-corrected chi connectivity index (χ0v) is 22.4. The normalized spacial score (nSPS) is 23.0. The Morgan fingerprint density at radius 3 is 2.59 bits per heavy atom. The first-order valence-corrected chi connectivity index (χ1v) is 13.3. The summed E-state index contributed by atoms with van der Waals surface area (Å²) in [4.78, 5) is 31.8. The van der Waals surface area contributed by atoms with Gasteiger partial charge < -0.3 is 19.5 Å². The fraction of sp³-hybridized carbons (Fsp3) is 0.731. The molecule has 3 rings (SSSR count). The zero-order chi connectivity index (χ0) is 25.1. The Labute approximate surface area is 208 Å². The van der Waals surface area contributed by atoms with Crippen molar-refractivity contribution in [2.45, 2.75) is 108 Å². The van der Waals surface area contributed by atoms with Gasteiger partial charge in [0.15, 0.2) is 5.60 Å². The molecule has 34 heavy (non-hydrogen) atoms. The van der Waals surface area contributed by atoms with E-state index in [4.69, 9.17) is 14.2 Å². The number of esters is 1. The van der Waals surface area contributed by atoms with Crippen molar-refractivity contribution < 1.29 is 23.8 Å². The summed E-state index contributed by atoms with van der Waals surface area (Å²) >= 11 is 1.81. The van der Waals surface area contributed by atoms with Gasteiger partial charge in [0.1, 0.15) is 5.60 Å². The molecular formula is C26H40N2O5S. The number of carbonyl (C=O) groups is 2. The van der Waals surface area contributed by atoms with Crippen molar-refractivity contribution in [2.24, 2.45) is 11.8 Å². The largest absolute Gasteiger partial charge is 0.444 e. The number of hydrogen-bond acceptors (Lipinski definition) is 7. The molecule has 0 aromatic carbocycles. The number of nitrogens with one attached hydrogen (secondary N) is 1. The summed E-state index contributed by atoms with van der Waals surface area (Å²) in [6.45, 7) is 12.9. The zero-order valence-electron chi connectivity index (χ0n) is 21.6. The molecule has 1 aromatic heterocycles. The Morgan fingerprint density at radius 1 is 1.32 bits per heavy atom. The molecule has 0 radical (unpaired) electrons. The highest BCUT2D eigenvalue weighted by Gasteiger charge is 2.59. The van der Waals surface area contributed by atoms with E-state index in [-0.39, 0.29) is 12.3 Å². The molecule has 1 aromatic rings. The smallest absolute Gasteiger partial charge is 0.407 e. The van der Waals surface area contributed by atoms with Crippen LogP contribution in [0, 0.1) is 11.8 Å². The molecule has 0 unspecified atom stereocenters. The van der Waals surface area contributed by atoms with Gasteiger partial charge in [-0.3, -0.25) is 4.98 Å². The van der Waals surface area contributed by atoms with Gasteiger partial charge in [0.05, 0.1) is 6.04 Å². The minimum atomic E-state index is -1.41. The fourth-order valence-corrected chi connectivity index (χ4v) is 5.27. The number of nitrogens with zero attached hydrogens (tertiary/aromatic N) is 1. The molecule has 0 spiro atoms. The number of hydrogen-bond donors (Lipinski definition) is 1. The maximum atomic E-state index is 13.4. The number of cyclic esters (lactones) is 1. The van der Waals surface area contributed by atoms with Crippen molar-refractivity contribution in [2.75, 3.05) is 5.75 Å². The van der Waals surface area contributed by atoms with Crippen LogP contribution in [0.1, 0.15) is 79.8 Å². The average molecular weight is 493 g/mol. The third-order valence-electron chi connectivity index (χ3n) is 5.80. The second-order valence-corrected chi connectivity index (χ2v) is 12.5. The van der Waals surface area contributed by atoms with Crippen LogP contribution in [-0.4, -0.2) is 45.8 Å². The van der Waals surface area contributed by atoms with Crippen LogP contribution in [0.25, 0.3) is 0 Å². The van der Waals surface area contributed by atoms with E-state index >= 15 is 0 Å². The molecule has 1 aliphatic carbocycles. The fourth-order valence-electron chi connectivity index (χ4n) is 4.20. The highest BCUT2D eigenvalue weighted by molar-refractivity contribution is 7.99. The van der Waals surface area contributed by atoms with E-state index in [1.807, 2.05) is 37.7 Å². The van der Waals surface area contributed by atoms with Crippen molar-refractivity contribution in [3.05, 3.63) is 24.0 Å². The molecule has 2 atom stereocenters. The molecule has 7 nitrogen and oxygen atoms in total. The van der Waals surface area contributed by atoms with Crippen LogP contribution in [0.15, 0.2) is 23.2 Å². The Hall–Kier alpha value is -1.80. The van der Waals surface area contributed by atoms with E-state index in [9.17, 15) is 9.59 Å². The maximum Gasteiger partial charge on any atom is 0.407 e. The lowest BCUT2D eigenvalue weighted by molar-refractivity contribution is -0.170. The van der Waals surface area contributed by atoms with Crippen LogP contribution >= 0.6 is 11.8 Å². The molecule has 0 bridgehead atoms. The lowest BCUT2D eigenvalue weighted by Crippen LogP contribution is -2.59. The molecule has 1 amide bonds. The molecule has 2 aliphatic rings. The van der Waals surface area contributed by atoms with Gasteiger partial charge >= 0.3 is 12.1 Å². The summed E-state index contributed by atoms with van der Waals surface area (Å²) in [6.07, 6.45) is 5.82. The van der Waals surface area contributed by atoms with E-state index < -0.39 is 35.1 Å². The number of ether oxygens (including phenoxy) is 3. The number of aromatic nitrogens is 1. The van der Waals surface area contributed by atoms with Gasteiger partial charge in [0.2, 0.25) is 5.79 Å². The Kier molecular flexibility index (Phi) is 8.23. The van der Waals surface area contributed by atoms with Gasteiger partial charge in [-0.25, -0.2) is 9.59 Å². The molecule has 1 N–H and O–H groups in total. The van der Waals surface area contributed by atoms with Crippen molar-refractivity contribution in [1.82, 2.24) is 10.3 Å². The lowest BCUT2D eigenvalue weighted by atomic mass is 9.84. The summed E-state index contributed by atoms with van der Waals surface area (Å²) < 4.78 is 17.4. The molecule has 2 heterocycles. The van der Waals surface area contributed by atoms with E-state index in [1.54, 1.807) is 40.8 Å². The second kappa shape index (κ2) is 10.4. The monoisotopic (exact) mass is 492 g/mol. The number of pyridine rings is 1. The van der Waals surface area contributed by atoms with Crippen LogP contribution in [0.2, 0.25) is 0 Å². The minimum absolute atomic E-state index is 0.189. The van der Waals surface area contributed by atoms with Gasteiger partial charge in [0, 0.05) is 37.1 Å². The van der Waals surface area contributed by atoms with Crippen LogP contribution in [0.4, 0.5) is 4.79 Å². The predicted molar refractivity (Wildman–Crippen MR) is 133 cm³/mol. The molecular weight excluding hydrogens is 452 g/mol. The molecule has 190 valence electrons. The van der Waals surface area contributed by atoms with Crippen molar-refractivity contribution in [3.8, 4) is 0 Å². The second-order valence-electron chi connectivity index (χ2n) is 11.3.